The highest BCUT2D eigenvalue weighted by atomic mass is 32.1. The van der Waals surface area contributed by atoms with E-state index in [1.807, 2.05) is 0 Å². The minimum absolute atomic E-state index is 0.210. The Kier molecular flexibility index (Phi) is 3.93. The minimum Gasteiger partial charge on any atom is -0.465 e. The molecule has 1 aliphatic rings. The lowest BCUT2D eigenvalue weighted by molar-refractivity contribution is -0.124. The number of nitrogens with zero attached hydrogens (tertiary/aromatic N) is 1. The quantitative estimate of drug-likeness (QED) is 0.839. The highest BCUT2D eigenvalue weighted by molar-refractivity contribution is 7.17. The van der Waals surface area contributed by atoms with Crippen molar-refractivity contribution in [2.24, 2.45) is 0 Å². The van der Waals surface area contributed by atoms with Gasteiger partial charge in [-0.15, -0.1) is 0 Å². The van der Waals surface area contributed by atoms with E-state index in [2.05, 4.69) is 15.0 Å². The van der Waals surface area contributed by atoms with Crippen molar-refractivity contribution in [2.45, 2.75) is 25.9 Å². The van der Waals surface area contributed by atoms with Crippen molar-refractivity contribution in [3.05, 3.63) is 10.6 Å². The molecule has 0 unspecified atom stereocenters. The van der Waals surface area contributed by atoms with Crippen LogP contribution in [0.25, 0.3) is 0 Å². The SMILES string of the molecule is COC(=O)c1sc(NC(=O)[C@H]2CCCO2)nc1C. The molecule has 0 spiro atoms. The maximum absolute atomic E-state index is 11.8. The van der Waals surface area contributed by atoms with Crippen LogP contribution >= 0.6 is 11.3 Å². The lowest BCUT2D eigenvalue weighted by Gasteiger charge is -2.07. The van der Waals surface area contributed by atoms with Crippen LogP contribution in [0.4, 0.5) is 5.13 Å². The average molecular weight is 270 g/mol. The highest BCUT2D eigenvalue weighted by Crippen LogP contribution is 2.24. The fraction of sp³-hybridized carbons (Fsp3) is 0.545. The summed E-state index contributed by atoms with van der Waals surface area (Å²) in [5.74, 6) is -0.653. The Morgan fingerprint density at radius 1 is 1.56 bits per heavy atom. The number of aromatic nitrogens is 1. The Balaban J connectivity index is 2.05. The molecule has 1 aliphatic heterocycles. The molecule has 0 aliphatic carbocycles. The van der Waals surface area contributed by atoms with E-state index >= 15 is 0 Å². The summed E-state index contributed by atoms with van der Waals surface area (Å²) in [4.78, 5) is 27.7. The van der Waals surface area contributed by atoms with Crippen molar-refractivity contribution in [2.75, 3.05) is 19.0 Å². The molecular formula is C11H14N2O4S. The van der Waals surface area contributed by atoms with E-state index in [1.54, 1.807) is 6.92 Å². The summed E-state index contributed by atoms with van der Waals surface area (Å²) in [7, 11) is 1.31. The summed E-state index contributed by atoms with van der Waals surface area (Å²) in [5, 5.41) is 3.06. The second-order valence-electron chi connectivity index (χ2n) is 3.92. The first-order valence-corrected chi connectivity index (χ1v) is 6.41. The van der Waals surface area contributed by atoms with Gasteiger partial charge in [-0.2, -0.15) is 0 Å². The normalized spacial score (nSPS) is 18.7. The largest absolute Gasteiger partial charge is 0.465 e. The molecule has 0 bridgehead atoms. The van der Waals surface area contributed by atoms with Gasteiger partial charge in [0, 0.05) is 6.61 Å². The third-order valence-corrected chi connectivity index (χ3v) is 3.67. The third kappa shape index (κ3) is 2.68. The van der Waals surface area contributed by atoms with E-state index in [1.165, 1.54) is 7.11 Å². The molecule has 1 amide bonds. The van der Waals surface area contributed by atoms with Gasteiger partial charge in [-0.1, -0.05) is 11.3 Å². The van der Waals surface area contributed by atoms with E-state index in [-0.39, 0.29) is 5.91 Å². The van der Waals surface area contributed by atoms with Gasteiger partial charge in [0.15, 0.2) is 5.13 Å². The van der Waals surface area contributed by atoms with Gasteiger partial charge in [0.2, 0.25) is 0 Å². The topological polar surface area (TPSA) is 77.5 Å². The molecule has 1 N–H and O–H groups in total. The van der Waals surface area contributed by atoms with Crippen molar-refractivity contribution in [1.82, 2.24) is 4.98 Å². The van der Waals surface area contributed by atoms with Crippen LogP contribution in [0.2, 0.25) is 0 Å². The molecular weight excluding hydrogens is 256 g/mol. The predicted molar refractivity (Wildman–Crippen MR) is 65.8 cm³/mol. The van der Waals surface area contributed by atoms with Gasteiger partial charge in [0.05, 0.1) is 12.8 Å². The highest BCUT2D eigenvalue weighted by Gasteiger charge is 2.25. The second kappa shape index (κ2) is 5.45. The number of hydrogen-bond acceptors (Lipinski definition) is 6. The zero-order valence-corrected chi connectivity index (χ0v) is 11.0. The van der Waals surface area contributed by atoms with E-state index in [0.717, 1.165) is 24.2 Å². The molecule has 1 atom stereocenters. The predicted octanol–water partition coefficient (Wildman–Crippen LogP) is 1.36. The number of carbonyl (C=O) groups is 2. The number of thiazole rings is 1. The number of carbonyl (C=O) groups excluding carboxylic acids is 2. The van der Waals surface area contributed by atoms with Gasteiger partial charge in [-0.3, -0.25) is 10.1 Å². The smallest absolute Gasteiger partial charge is 0.350 e. The Hall–Kier alpha value is -1.47. The Morgan fingerprint density at radius 3 is 2.94 bits per heavy atom. The van der Waals surface area contributed by atoms with Gasteiger partial charge >= 0.3 is 5.97 Å². The number of hydrogen-bond donors (Lipinski definition) is 1. The lowest BCUT2D eigenvalue weighted by atomic mass is 10.2. The molecule has 2 rings (SSSR count). The van der Waals surface area contributed by atoms with Crippen LogP contribution in [0.5, 0.6) is 0 Å². The Bertz CT molecular complexity index is 466. The second-order valence-corrected chi connectivity index (χ2v) is 4.92. The molecule has 1 saturated heterocycles. The van der Waals surface area contributed by atoms with E-state index < -0.39 is 12.1 Å². The van der Waals surface area contributed by atoms with E-state index in [9.17, 15) is 9.59 Å². The fourth-order valence-corrected chi connectivity index (χ4v) is 2.59. The summed E-state index contributed by atoms with van der Waals surface area (Å²) < 4.78 is 9.90. The van der Waals surface area contributed by atoms with Crippen molar-refractivity contribution in [3.8, 4) is 0 Å². The van der Waals surface area contributed by atoms with E-state index in [0.29, 0.717) is 22.3 Å². The van der Waals surface area contributed by atoms with Crippen molar-refractivity contribution < 1.29 is 19.1 Å². The maximum Gasteiger partial charge on any atom is 0.350 e. The van der Waals surface area contributed by atoms with Gasteiger partial charge in [0.25, 0.3) is 5.91 Å². The molecule has 0 aromatic carbocycles. The Morgan fingerprint density at radius 2 is 2.33 bits per heavy atom. The maximum atomic E-state index is 11.8. The Labute approximate surface area is 108 Å². The first-order valence-electron chi connectivity index (χ1n) is 5.60. The summed E-state index contributed by atoms with van der Waals surface area (Å²) >= 11 is 1.11. The number of esters is 1. The molecule has 1 aromatic rings. The van der Waals surface area contributed by atoms with Crippen LogP contribution in [-0.2, 0) is 14.3 Å². The lowest BCUT2D eigenvalue weighted by Crippen LogP contribution is -2.26. The molecule has 2 heterocycles. The molecule has 6 nitrogen and oxygen atoms in total. The number of anilines is 1. The molecule has 1 aromatic heterocycles. The average Bonchev–Trinajstić information content (AvgIpc) is 2.97. The molecule has 18 heavy (non-hydrogen) atoms. The number of amides is 1. The monoisotopic (exact) mass is 270 g/mol. The van der Waals surface area contributed by atoms with Crippen LogP contribution < -0.4 is 5.32 Å². The van der Waals surface area contributed by atoms with Crippen LogP contribution in [0.3, 0.4) is 0 Å². The molecule has 0 radical (unpaired) electrons. The third-order valence-electron chi connectivity index (χ3n) is 2.62. The zero-order valence-electron chi connectivity index (χ0n) is 10.2. The molecule has 98 valence electrons. The summed E-state index contributed by atoms with van der Waals surface area (Å²) in [6, 6.07) is 0. The zero-order chi connectivity index (χ0) is 13.1. The van der Waals surface area contributed by atoms with Crippen molar-refractivity contribution >= 4 is 28.3 Å². The summed E-state index contributed by atoms with van der Waals surface area (Å²) in [6.07, 6.45) is 1.21. The fourth-order valence-electron chi connectivity index (χ4n) is 1.70. The standard InChI is InChI=1S/C11H14N2O4S/c1-6-8(10(15)16-2)18-11(12-6)13-9(14)7-4-3-5-17-7/h7H,3-5H2,1-2H3,(H,12,13,14)/t7-/m1/s1. The molecule has 7 heteroatoms. The first kappa shape index (κ1) is 13.0. The summed E-state index contributed by atoms with van der Waals surface area (Å²) in [5.41, 5.74) is 0.550. The molecule has 0 saturated carbocycles. The summed E-state index contributed by atoms with van der Waals surface area (Å²) in [6.45, 7) is 2.31. The van der Waals surface area contributed by atoms with Gasteiger partial charge in [-0.05, 0) is 19.8 Å². The van der Waals surface area contributed by atoms with Crippen LogP contribution in [0, 0.1) is 6.92 Å². The van der Waals surface area contributed by atoms with Crippen LogP contribution in [0.15, 0.2) is 0 Å². The number of aryl methyl sites for hydroxylation is 1. The van der Waals surface area contributed by atoms with E-state index in [4.69, 9.17) is 4.74 Å². The minimum atomic E-state index is -0.442. The number of rotatable bonds is 3. The van der Waals surface area contributed by atoms with Crippen LogP contribution in [0.1, 0.15) is 28.2 Å². The van der Waals surface area contributed by atoms with Gasteiger partial charge < -0.3 is 9.47 Å². The number of ether oxygens (including phenoxy) is 2. The first-order chi connectivity index (χ1) is 8.61. The van der Waals surface area contributed by atoms with Gasteiger partial charge in [-0.25, -0.2) is 9.78 Å². The number of nitrogens with one attached hydrogen (secondary N) is 1. The molecule has 1 fully saturated rings. The van der Waals surface area contributed by atoms with Crippen molar-refractivity contribution in [1.29, 1.82) is 0 Å². The van der Waals surface area contributed by atoms with Gasteiger partial charge in [0.1, 0.15) is 11.0 Å². The van der Waals surface area contributed by atoms with Crippen molar-refractivity contribution in [3.63, 3.8) is 0 Å². The number of methoxy groups -OCH3 is 1. The van der Waals surface area contributed by atoms with Crippen LogP contribution in [-0.4, -0.2) is 36.7 Å².